The van der Waals surface area contributed by atoms with Crippen LogP contribution in [-0.4, -0.2) is 57.7 Å². The number of hydrogen-bond acceptors (Lipinski definition) is 3. The van der Waals surface area contributed by atoms with E-state index in [0.717, 1.165) is 5.75 Å². The molecule has 1 fully saturated rings. The molecule has 2 rings (SSSR count). The Balaban J connectivity index is 2.03. The molecule has 0 bridgehead atoms. The fourth-order valence-electron chi connectivity index (χ4n) is 3.60. The monoisotopic (exact) mass is 410 g/mol. The summed E-state index contributed by atoms with van der Waals surface area (Å²) < 4.78 is 5.99. The molecule has 1 aliphatic heterocycles. The van der Waals surface area contributed by atoms with Gasteiger partial charge in [-0.1, -0.05) is 25.4 Å². The van der Waals surface area contributed by atoms with Crippen molar-refractivity contribution in [1.82, 2.24) is 9.80 Å². The number of likely N-dealkylation sites (tertiary alicyclic amines) is 1. The Hall–Kier alpha value is -1.95. The first-order valence-corrected chi connectivity index (χ1v) is 10.1. The van der Waals surface area contributed by atoms with Crippen LogP contribution < -0.4 is 4.74 Å². The van der Waals surface area contributed by atoms with Crippen LogP contribution in [0.4, 0.5) is 4.79 Å². The molecule has 0 aliphatic carbocycles. The number of carboxylic acid groups (broad SMARTS) is 1. The molecule has 1 atom stereocenters. The maximum absolute atomic E-state index is 13.2. The summed E-state index contributed by atoms with van der Waals surface area (Å²) in [6.07, 6.45) is 0.380. The number of amides is 2. The van der Waals surface area contributed by atoms with E-state index in [9.17, 15) is 14.7 Å². The Morgan fingerprint density at radius 3 is 2.14 bits per heavy atom. The summed E-state index contributed by atoms with van der Waals surface area (Å²) >= 11 is 5.90. The number of hydrogen-bond donors (Lipinski definition) is 1. The highest BCUT2D eigenvalue weighted by Crippen LogP contribution is 2.26. The lowest BCUT2D eigenvalue weighted by Gasteiger charge is -2.43. The first-order valence-electron chi connectivity index (χ1n) is 9.74. The summed E-state index contributed by atoms with van der Waals surface area (Å²) in [5.41, 5.74) is -0.660. The van der Waals surface area contributed by atoms with Crippen LogP contribution in [0.15, 0.2) is 24.3 Å². The largest absolute Gasteiger partial charge is 0.490 e. The lowest BCUT2D eigenvalue weighted by atomic mass is 9.94. The van der Waals surface area contributed by atoms with E-state index in [2.05, 4.69) is 0 Å². The maximum atomic E-state index is 13.2. The van der Waals surface area contributed by atoms with Crippen LogP contribution in [-0.2, 0) is 4.79 Å². The molecule has 1 aromatic rings. The minimum Gasteiger partial charge on any atom is -0.490 e. The van der Waals surface area contributed by atoms with Crippen LogP contribution in [0, 0.1) is 5.92 Å². The Morgan fingerprint density at radius 2 is 1.71 bits per heavy atom. The standard InChI is InChI=1S/C21H31ClN2O4/c1-14(2)18(24(20(26)27)21(3,4)5)19(25)23-12-10-17(11-13-23)28-16-8-6-15(22)7-9-16/h6-9,14,17-18H,10-13H2,1-5H3,(H,26,27)/t18-/m0/s1. The van der Waals surface area contributed by atoms with E-state index >= 15 is 0 Å². The maximum Gasteiger partial charge on any atom is 0.408 e. The predicted molar refractivity (Wildman–Crippen MR) is 110 cm³/mol. The fourth-order valence-corrected chi connectivity index (χ4v) is 3.73. The van der Waals surface area contributed by atoms with Crippen molar-refractivity contribution in [2.24, 2.45) is 5.92 Å². The van der Waals surface area contributed by atoms with Gasteiger partial charge in [0, 0.05) is 36.5 Å². The molecule has 28 heavy (non-hydrogen) atoms. The Bertz CT molecular complexity index is 677. The molecule has 1 saturated heterocycles. The highest BCUT2D eigenvalue weighted by molar-refractivity contribution is 6.30. The van der Waals surface area contributed by atoms with Crippen molar-refractivity contribution in [3.63, 3.8) is 0 Å². The zero-order chi connectivity index (χ0) is 21.1. The lowest BCUT2D eigenvalue weighted by Crippen LogP contribution is -2.60. The second-order valence-electron chi connectivity index (χ2n) is 8.61. The van der Waals surface area contributed by atoms with Gasteiger partial charge in [0.25, 0.3) is 0 Å². The van der Waals surface area contributed by atoms with Gasteiger partial charge in [0.1, 0.15) is 17.9 Å². The van der Waals surface area contributed by atoms with Crippen LogP contribution in [0.1, 0.15) is 47.5 Å². The molecule has 1 aliphatic rings. The number of ether oxygens (including phenoxy) is 1. The topological polar surface area (TPSA) is 70.1 Å². The highest BCUT2D eigenvalue weighted by Gasteiger charge is 2.41. The number of benzene rings is 1. The minimum atomic E-state index is -1.07. The molecule has 6 nitrogen and oxygen atoms in total. The summed E-state index contributed by atoms with van der Waals surface area (Å²) in [5.74, 6) is 0.516. The van der Waals surface area contributed by atoms with E-state index in [1.807, 2.05) is 46.8 Å². The van der Waals surface area contributed by atoms with E-state index in [1.54, 1.807) is 17.0 Å². The Morgan fingerprint density at radius 1 is 1.18 bits per heavy atom. The Kier molecular flexibility index (Phi) is 7.21. The Labute approximate surface area is 172 Å². The molecule has 0 spiro atoms. The van der Waals surface area contributed by atoms with Crippen molar-refractivity contribution in [1.29, 1.82) is 0 Å². The van der Waals surface area contributed by atoms with Crippen molar-refractivity contribution in [2.45, 2.75) is 65.1 Å². The highest BCUT2D eigenvalue weighted by atomic mass is 35.5. The number of carbonyl (C=O) groups excluding carboxylic acids is 1. The molecule has 0 radical (unpaired) electrons. The van der Waals surface area contributed by atoms with Gasteiger partial charge in [-0.05, 0) is 51.0 Å². The molecule has 7 heteroatoms. The zero-order valence-electron chi connectivity index (χ0n) is 17.3. The lowest BCUT2D eigenvalue weighted by molar-refractivity contribution is -0.141. The van der Waals surface area contributed by atoms with Gasteiger partial charge in [0.05, 0.1) is 0 Å². The molecule has 0 aromatic heterocycles. The van der Waals surface area contributed by atoms with Gasteiger partial charge in [0.2, 0.25) is 5.91 Å². The molecule has 1 aromatic carbocycles. The molecular formula is C21H31ClN2O4. The summed E-state index contributed by atoms with van der Waals surface area (Å²) in [6, 6.07) is 6.54. The number of piperidine rings is 1. The molecule has 156 valence electrons. The summed E-state index contributed by atoms with van der Waals surface area (Å²) in [5, 5.41) is 10.4. The van der Waals surface area contributed by atoms with E-state index in [4.69, 9.17) is 16.3 Å². The summed E-state index contributed by atoms with van der Waals surface area (Å²) in [7, 11) is 0. The van der Waals surface area contributed by atoms with Crippen molar-refractivity contribution in [3.8, 4) is 5.75 Å². The average Bonchev–Trinajstić information content (AvgIpc) is 2.60. The molecule has 2 amide bonds. The first kappa shape index (κ1) is 22.3. The van der Waals surface area contributed by atoms with Crippen LogP contribution in [0.25, 0.3) is 0 Å². The van der Waals surface area contributed by atoms with Gasteiger partial charge in [-0.2, -0.15) is 0 Å². The van der Waals surface area contributed by atoms with Gasteiger partial charge in [-0.25, -0.2) is 4.79 Å². The van der Waals surface area contributed by atoms with E-state index in [0.29, 0.717) is 31.0 Å². The first-order chi connectivity index (χ1) is 13.0. The van der Waals surface area contributed by atoms with Crippen LogP contribution in [0.3, 0.4) is 0 Å². The molecule has 0 saturated carbocycles. The predicted octanol–water partition coefficient (Wildman–Crippen LogP) is 4.51. The fraction of sp³-hybridized carbons (Fsp3) is 0.619. The van der Waals surface area contributed by atoms with E-state index in [1.165, 1.54) is 4.90 Å². The summed E-state index contributed by atoms with van der Waals surface area (Å²) in [4.78, 5) is 28.1. The smallest absolute Gasteiger partial charge is 0.408 e. The average molecular weight is 411 g/mol. The van der Waals surface area contributed by atoms with Crippen molar-refractivity contribution in [3.05, 3.63) is 29.3 Å². The van der Waals surface area contributed by atoms with Gasteiger partial charge in [0.15, 0.2) is 0 Å². The van der Waals surface area contributed by atoms with Crippen LogP contribution in [0.2, 0.25) is 5.02 Å². The van der Waals surface area contributed by atoms with Crippen LogP contribution in [0.5, 0.6) is 5.75 Å². The SMILES string of the molecule is CC(C)[C@@H](C(=O)N1CCC(Oc2ccc(Cl)cc2)CC1)N(C(=O)O)C(C)(C)C. The molecule has 0 unspecified atom stereocenters. The van der Waals surface area contributed by atoms with Crippen molar-refractivity contribution >= 4 is 23.6 Å². The van der Waals surface area contributed by atoms with Crippen LogP contribution >= 0.6 is 11.6 Å². The third-order valence-corrected chi connectivity index (χ3v) is 5.21. The summed E-state index contributed by atoms with van der Waals surface area (Å²) in [6.45, 7) is 10.3. The van der Waals surface area contributed by atoms with Gasteiger partial charge in [-0.15, -0.1) is 0 Å². The van der Waals surface area contributed by atoms with Gasteiger partial charge < -0.3 is 14.7 Å². The number of nitrogens with zero attached hydrogens (tertiary/aromatic N) is 2. The third kappa shape index (κ3) is 5.53. The molecular weight excluding hydrogens is 380 g/mol. The normalized spacial score (nSPS) is 16.8. The number of carbonyl (C=O) groups is 2. The second kappa shape index (κ2) is 9.03. The minimum absolute atomic E-state index is 0.0286. The quantitative estimate of drug-likeness (QED) is 0.775. The zero-order valence-corrected chi connectivity index (χ0v) is 18.1. The number of rotatable bonds is 5. The number of halogens is 1. The third-order valence-electron chi connectivity index (χ3n) is 4.96. The van der Waals surface area contributed by atoms with E-state index < -0.39 is 17.7 Å². The van der Waals surface area contributed by atoms with Crippen molar-refractivity contribution < 1.29 is 19.4 Å². The van der Waals surface area contributed by atoms with E-state index in [-0.39, 0.29) is 17.9 Å². The molecule has 1 N–H and O–H groups in total. The van der Waals surface area contributed by atoms with Crippen molar-refractivity contribution in [2.75, 3.05) is 13.1 Å². The van der Waals surface area contributed by atoms with Gasteiger partial charge in [-0.3, -0.25) is 9.69 Å². The van der Waals surface area contributed by atoms with Gasteiger partial charge >= 0.3 is 6.09 Å². The second-order valence-corrected chi connectivity index (χ2v) is 9.05. The molecule has 1 heterocycles.